The molecule has 0 radical (unpaired) electrons. The maximum Gasteiger partial charge on any atom is 0.240 e. The van der Waals surface area contributed by atoms with E-state index >= 15 is 0 Å². The summed E-state index contributed by atoms with van der Waals surface area (Å²) in [5.74, 6) is 0. The molecule has 0 heterocycles. The van der Waals surface area contributed by atoms with Gasteiger partial charge in [-0.2, -0.15) is 0 Å². The number of nitrogens with one attached hydrogen (secondary N) is 1. The molecule has 4 nitrogen and oxygen atoms in total. The van der Waals surface area contributed by atoms with Crippen molar-refractivity contribution in [3.05, 3.63) is 27.7 Å². The first kappa shape index (κ1) is 16.9. The van der Waals surface area contributed by atoms with Crippen LogP contribution in [0.5, 0.6) is 0 Å². The lowest BCUT2D eigenvalue weighted by molar-refractivity contribution is 0.516. The second kappa shape index (κ2) is 7.59. The normalized spacial score (nSPS) is 13.5. The van der Waals surface area contributed by atoms with E-state index in [1.54, 1.807) is 6.07 Å². The van der Waals surface area contributed by atoms with Crippen LogP contribution in [-0.4, -0.2) is 21.0 Å². The fraction of sp³-hybridized carbons (Fsp3) is 0.500. The minimum absolute atomic E-state index is 0.179. The van der Waals surface area contributed by atoms with Crippen molar-refractivity contribution in [2.24, 2.45) is 5.73 Å². The molecule has 0 spiro atoms. The SMILES string of the molecule is CCCCC(CN)NS(=O)(=O)c1ccc(Cl)c(Br)c1. The molecular weight excluding hydrogens is 352 g/mol. The summed E-state index contributed by atoms with van der Waals surface area (Å²) in [5, 5.41) is 0.473. The van der Waals surface area contributed by atoms with E-state index in [0.717, 1.165) is 19.3 Å². The van der Waals surface area contributed by atoms with Crippen molar-refractivity contribution in [3.8, 4) is 0 Å². The fourth-order valence-electron chi connectivity index (χ4n) is 1.61. The van der Waals surface area contributed by atoms with E-state index in [0.29, 0.717) is 9.50 Å². The summed E-state index contributed by atoms with van der Waals surface area (Å²) in [6, 6.07) is 4.27. The van der Waals surface area contributed by atoms with E-state index < -0.39 is 10.0 Å². The number of halogens is 2. The molecule has 0 saturated carbocycles. The summed E-state index contributed by atoms with van der Waals surface area (Å²) in [6.45, 7) is 2.34. The first-order chi connectivity index (χ1) is 8.90. The van der Waals surface area contributed by atoms with Crippen LogP contribution in [0.4, 0.5) is 0 Å². The molecule has 0 aliphatic heterocycles. The number of sulfonamides is 1. The summed E-state index contributed by atoms with van der Waals surface area (Å²) < 4.78 is 27.6. The van der Waals surface area contributed by atoms with Gasteiger partial charge in [0, 0.05) is 17.1 Å². The molecule has 0 bridgehead atoms. The highest BCUT2D eigenvalue weighted by molar-refractivity contribution is 9.10. The highest BCUT2D eigenvalue weighted by Crippen LogP contribution is 2.25. The third kappa shape index (κ3) is 5.04. The van der Waals surface area contributed by atoms with Crippen LogP contribution < -0.4 is 10.5 Å². The third-order valence-electron chi connectivity index (χ3n) is 2.71. The Morgan fingerprint density at radius 3 is 2.68 bits per heavy atom. The zero-order chi connectivity index (χ0) is 14.5. The molecule has 1 unspecified atom stereocenters. The molecule has 3 N–H and O–H groups in total. The minimum Gasteiger partial charge on any atom is -0.329 e. The van der Waals surface area contributed by atoms with E-state index in [1.807, 2.05) is 0 Å². The van der Waals surface area contributed by atoms with E-state index in [4.69, 9.17) is 17.3 Å². The summed E-state index contributed by atoms with van der Waals surface area (Å²) in [5.41, 5.74) is 5.60. The zero-order valence-corrected chi connectivity index (χ0v) is 13.9. The van der Waals surface area contributed by atoms with Gasteiger partial charge in [-0.25, -0.2) is 13.1 Å². The average Bonchev–Trinajstić information content (AvgIpc) is 2.37. The number of unbranched alkanes of at least 4 members (excludes halogenated alkanes) is 1. The second-order valence-corrected chi connectivity index (χ2v) is 7.25. The Morgan fingerprint density at radius 2 is 2.16 bits per heavy atom. The Bertz CT molecular complexity index is 522. The second-order valence-electron chi connectivity index (χ2n) is 4.27. The van der Waals surface area contributed by atoms with Crippen LogP contribution in [0.1, 0.15) is 26.2 Å². The van der Waals surface area contributed by atoms with E-state index in [9.17, 15) is 8.42 Å². The number of benzene rings is 1. The van der Waals surface area contributed by atoms with Crippen LogP contribution >= 0.6 is 27.5 Å². The number of rotatable bonds is 7. The average molecular weight is 370 g/mol. The van der Waals surface area contributed by atoms with Crippen molar-refractivity contribution in [2.75, 3.05) is 6.54 Å². The third-order valence-corrected chi connectivity index (χ3v) is 5.45. The molecule has 0 aromatic heterocycles. The van der Waals surface area contributed by atoms with Gasteiger partial charge in [0.1, 0.15) is 0 Å². The highest BCUT2D eigenvalue weighted by atomic mass is 79.9. The first-order valence-corrected chi connectivity index (χ1v) is 8.73. The lowest BCUT2D eigenvalue weighted by Gasteiger charge is -2.16. The van der Waals surface area contributed by atoms with Gasteiger partial charge >= 0.3 is 0 Å². The monoisotopic (exact) mass is 368 g/mol. The number of nitrogens with two attached hydrogens (primary N) is 1. The molecule has 0 saturated heterocycles. The predicted molar refractivity (Wildman–Crippen MR) is 81.8 cm³/mol. The standard InChI is InChI=1S/C12H18BrClN2O2S/c1-2-3-4-9(8-15)16-19(17,18)10-5-6-12(14)11(13)7-10/h5-7,9,16H,2-4,8,15H2,1H3. The van der Waals surface area contributed by atoms with Gasteiger partial charge in [-0.15, -0.1) is 0 Å². The predicted octanol–water partition coefficient (Wildman–Crippen LogP) is 2.90. The molecular formula is C12H18BrClN2O2S. The van der Waals surface area contributed by atoms with Crippen molar-refractivity contribution in [3.63, 3.8) is 0 Å². The van der Waals surface area contributed by atoms with Crippen molar-refractivity contribution in [1.82, 2.24) is 4.72 Å². The first-order valence-electron chi connectivity index (χ1n) is 6.08. The topological polar surface area (TPSA) is 72.2 Å². The van der Waals surface area contributed by atoms with Gasteiger partial charge in [0.15, 0.2) is 0 Å². The van der Waals surface area contributed by atoms with Gasteiger partial charge in [-0.3, -0.25) is 0 Å². The molecule has 1 rings (SSSR count). The minimum atomic E-state index is -3.56. The molecule has 19 heavy (non-hydrogen) atoms. The van der Waals surface area contributed by atoms with Crippen LogP contribution in [0.25, 0.3) is 0 Å². The van der Waals surface area contributed by atoms with Crippen molar-refractivity contribution >= 4 is 37.6 Å². The summed E-state index contributed by atoms with van der Waals surface area (Å²) in [4.78, 5) is 0.179. The van der Waals surface area contributed by atoms with Gasteiger partial charge in [0.05, 0.1) is 9.92 Å². The van der Waals surface area contributed by atoms with Crippen LogP contribution in [0.2, 0.25) is 5.02 Å². The maximum absolute atomic E-state index is 12.2. The Morgan fingerprint density at radius 1 is 1.47 bits per heavy atom. The summed E-state index contributed by atoms with van der Waals surface area (Å²) in [6.07, 6.45) is 2.68. The largest absolute Gasteiger partial charge is 0.329 e. The molecule has 108 valence electrons. The van der Waals surface area contributed by atoms with Gasteiger partial charge in [-0.05, 0) is 40.5 Å². The zero-order valence-electron chi connectivity index (χ0n) is 10.7. The highest BCUT2D eigenvalue weighted by Gasteiger charge is 2.19. The molecule has 1 aromatic rings. The lowest BCUT2D eigenvalue weighted by Crippen LogP contribution is -2.40. The van der Waals surface area contributed by atoms with E-state index in [2.05, 4.69) is 27.6 Å². The summed E-state index contributed by atoms with van der Waals surface area (Å²) in [7, 11) is -3.56. The Balaban J connectivity index is 2.87. The van der Waals surface area contributed by atoms with Crippen LogP contribution in [0, 0.1) is 0 Å². The van der Waals surface area contributed by atoms with E-state index in [-0.39, 0.29) is 17.5 Å². The smallest absolute Gasteiger partial charge is 0.240 e. The molecule has 0 fully saturated rings. The van der Waals surface area contributed by atoms with Gasteiger partial charge in [0.2, 0.25) is 10.0 Å². The van der Waals surface area contributed by atoms with Crippen molar-refractivity contribution < 1.29 is 8.42 Å². The van der Waals surface area contributed by atoms with Crippen LogP contribution in [0.15, 0.2) is 27.6 Å². The number of hydrogen-bond acceptors (Lipinski definition) is 3. The van der Waals surface area contributed by atoms with Crippen molar-refractivity contribution in [2.45, 2.75) is 37.1 Å². The van der Waals surface area contributed by atoms with Crippen molar-refractivity contribution in [1.29, 1.82) is 0 Å². The Labute approximate surface area is 127 Å². The van der Waals surface area contributed by atoms with Gasteiger partial charge in [0.25, 0.3) is 0 Å². The molecule has 1 aromatic carbocycles. The van der Waals surface area contributed by atoms with Gasteiger partial charge < -0.3 is 5.73 Å². The lowest BCUT2D eigenvalue weighted by atomic mass is 10.1. The molecule has 1 atom stereocenters. The molecule has 0 aliphatic rings. The van der Waals surface area contributed by atoms with Crippen LogP contribution in [-0.2, 0) is 10.0 Å². The molecule has 7 heteroatoms. The Hall–Kier alpha value is -0.140. The quantitative estimate of drug-likeness (QED) is 0.776. The number of hydrogen-bond donors (Lipinski definition) is 2. The molecule has 0 aliphatic carbocycles. The summed E-state index contributed by atoms with van der Waals surface area (Å²) >= 11 is 9.07. The fourth-order valence-corrected chi connectivity index (χ4v) is 3.56. The van der Waals surface area contributed by atoms with E-state index in [1.165, 1.54) is 12.1 Å². The maximum atomic E-state index is 12.2. The molecule has 0 amide bonds. The van der Waals surface area contributed by atoms with Gasteiger partial charge in [-0.1, -0.05) is 31.4 Å². The van der Waals surface area contributed by atoms with Crippen LogP contribution in [0.3, 0.4) is 0 Å². The Kier molecular flexibility index (Phi) is 6.76.